The van der Waals surface area contributed by atoms with E-state index in [1.165, 1.54) is 57.8 Å². The average Bonchev–Trinajstić information content (AvgIpc) is 2.95. The molecule has 0 heterocycles. The highest BCUT2D eigenvalue weighted by Gasteiger charge is 2.27. The Morgan fingerprint density at radius 2 is 1.25 bits per heavy atom. The molecule has 0 aliphatic heterocycles. The Bertz CT molecular complexity index is 825. The molecule has 0 radical (unpaired) electrons. The summed E-state index contributed by atoms with van der Waals surface area (Å²) in [5.74, 6) is -0.210. The number of nitrogens with zero attached hydrogens (tertiary/aromatic N) is 1. The number of amides is 1. The van der Waals surface area contributed by atoms with Gasteiger partial charge in [-0.05, 0) is 57.8 Å². The highest BCUT2D eigenvalue weighted by molar-refractivity contribution is 7.47. The predicted octanol–water partition coefficient (Wildman–Crippen LogP) is 8.40. The van der Waals surface area contributed by atoms with Gasteiger partial charge in [0.15, 0.2) is 0 Å². The van der Waals surface area contributed by atoms with Gasteiger partial charge in [0.2, 0.25) is 5.91 Å². The smallest absolute Gasteiger partial charge is 0.387 e. The van der Waals surface area contributed by atoms with E-state index in [2.05, 4.69) is 43.5 Å². The van der Waals surface area contributed by atoms with Gasteiger partial charge in [-0.25, -0.2) is 4.57 Å². The lowest BCUT2D eigenvalue weighted by Gasteiger charge is -2.25. The van der Waals surface area contributed by atoms with E-state index in [0.29, 0.717) is 17.4 Å². The number of phosphoric acid groups is 1. The molecule has 0 aliphatic carbocycles. The van der Waals surface area contributed by atoms with Gasteiger partial charge in [0, 0.05) is 6.42 Å². The van der Waals surface area contributed by atoms with Gasteiger partial charge in [0.1, 0.15) is 13.2 Å². The van der Waals surface area contributed by atoms with E-state index in [0.717, 1.165) is 51.4 Å². The van der Waals surface area contributed by atoms with Crippen molar-refractivity contribution in [3.05, 3.63) is 36.5 Å². The summed E-state index contributed by atoms with van der Waals surface area (Å²) in [6, 6.07) is -0.865. The fourth-order valence-corrected chi connectivity index (χ4v) is 5.20. The molecule has 9 heteroatoms. The molecule has 0 bridgehead atoms. The Morgan fingerprint density at radius 1 is 0.750 bits per heavy atom. The maximum Gasteiger partial charge on any atom is 0.472 e. The molecule has 0 spiro atoms. The second kappa shape index (κ2) is 28.0. The van der Waals surface area contributed by atoms with Crippen molar-refractivity contribution in [1.29, 1.82) is 0 Å². The summed E-state index contributed by atoms with van der Waals surface area (Å²) in [7, 11) is 1.53. The molecule has 3 atom stereocenters. The van der Waals surface area contributed by atoms with E-state index < -0.39 is 20.0 Å². The predicted molar refractivity (Wildman–Crippen MR) is 184 cm³/mol. The first-order chi connectivity index (χ1) is 21.0. The summed E-state index contributed by atoms with van der Waals surface area (Å²) < 4.78 is 23.3. The van der Waals surface area contributed by atoms with Crippen LogP contribution in [-0.4, -0.2) is 73.4 Å². The molecule has 0 rings (SSSR count). The van der Waals surface area contributed by atoms with Gasteiger partial charge < -0.3 is 19.8 Å². The summed E-state index contributed by atoms with van der Waals surface area (Å²) in [6.45, 7) is 4.68. The second-order valence-electron chi connectivity index (χ2n) is 12.9. The summed E-state index contributed by atoms with van der Waals surface area (Å²) in [6.07, 6.45) is 30.8. The van der Waals surface area contributed by atoms with E-state index in [1.807, 2.05) is 27.2 Å². The van der Waals surface area contributed by atoms with Crippen LogP contribution in [0.25, 0.3) is 0 Å². The van der Waals surface area contributed by atoms with Crippen molar-refractivity contribution >= 4 is 13.7 Å². The Morgan fingerprint density at radius 3 is 1.86 bits per heavy atom. The molecule has 258 valence electrons. The molecule has 0 aromatic carbocycles. The van der Waals surface area contributed by atoms with Crippen LogP contribution in [0.4, 0.5) is 0 Å². The highest BCUT2D eigenvalue weighted by Crippen LogP contribution is 2.43. The van der Waals surface area contributed by atoms with Gasteiger partial charge in [0.25, 0.3) is 0 Å². The maximum absolute atomic E-state index is 12.7. The maximum atomic E-state index is 12.7. The molecule has 44 heavy (non-hydrogen) atoms. The van der Waals surface area contributed by atoms with Crippen LogP contribution in [0, 0.1) is 0 Å². The third kappa shape index (κ3) is 29.4. The van der Waals surface area contributed by atoms with Crippen molar-refractivity contribution in [3.8, 4) is 0 Å². The van der Waals surface area contributed by atoms with Crippen molar-refractivity contribution in [2.75, 3.05) is 40.9 Å². The van der Waals surface area contributed by atoms with E-state index in [-0.39, 0.29) is 19.1 Å². The van der Waals surface area contributed by atoms with Gasteiger partial charge in [-0.3, -0.25) is 13.8 Å². The number of aliphatic hydroxyl groups excluding tert-OH is 1. The largest absolute Gasteiger partial charge is 0.472 e. The normalized spacial score (nSPS) is 15.3. The molecule has 0 fully saturated rings. The Hall–Kier alpha value is -1.28. The van der Waals surface area contributed by atoms with Crippen LogP contribution in [-0.2, 0) is 18.4 Å². The van der Waals surface area contributed by atoms with Gasteiger partial charge in [-0.1, -0.05) is 102 Å². The van der Waals surface area contributed by atoms with Crippen molar-refractivity contribution in [2.45, 2.75) is 142 Å². The monoisotopic (exact) mass is 643 g/mol. The molecule has 0 aliphatic rings. The number of phosphoric ester groups is 1. The zero-order chi connectivity index (χ0) is 32.9. The standard InChI is InChI=1S/C35H67N2O6P/c1-6-8-10-12-14-16-17-18-19-21-23-25-27-29-35(39)36-33(32-43-44(40,41)42-31-30-37(3,4)5)34(38)28-26-24-22-20-15-13-11-9-7-2/h15,18-20,26,28,33-34,38H,6-14,16-17,21-25,27,29-32H2,1-5H3,(H-,36,39,40,41)/p+1/b19-18-,20-15+,28-26+. The van der Waals surface area contributed by atoms with Crippen LogP contribution in [0.1, 0.15) is 129 Å². The van der Waals surface area contributed by atoms with Crippen LogP contribution < -0.4 is 5.32 Å². The molecule has 0 aromatic heterocycles. The van der Waals surface area contributed by atoms with Crippen LogP contribution in [0.5, 0.6) is 0 Å². The number of carbonyl (C=O) groups is 1. The molecule has 8 nitrogen and oxygen atoms in total. The Balaban J connectivity index is 4.65. The molecule has 0 saturated heterocycles. The topological polar surface area (TPSA) is 105 Å². The first-order valence-electron chi connectivity index (χ1n) is 17.4. The van der Waals surface area contributed by atoms with Crippen molar-refractivity contribution < 1.29 is 32.9 Å². The second-order valence-corrected chi connectivity index (χ2v) is 14.3. The van der Waals surface area contributed by atoms with Crippen LogP contribution in [0.2, 0.25) is 0 Å². The van der Waals surface area contributed by atoms with Gasteiger partial charge in [-0.2, -0.15) is 0 Å². The van der Waals surface area contributed by atoms with E-state index in [9.17, 15) is 19.4 Å². The lowest BCUT2D eigenvalue weighted by Crippen LogP contribution is -2.45. The quantitative estimate of drug-likeness (QED) is 0.0314. The van der Waals surface area contributed by atoms with Gasteiger partial charge in [0.05, 0.1) is 39.9 Å². The van der Waals surface area contributed by atoms with Gasteiger partial charge >= 0.3 is 7.82 Å². The van der Waals surface area contributed by atoms with Crippen LogP contribution in [0.3, 0.4) is 0 Å². The average molecular weight is 644 g/mol. The van der Waals surface area contributed by atoms with Crippen molar-refractivity contribution in [1.82, 2.24) is 5.32 Å². The number of nitrogens with one attached hydrogen (secondary N) is 1. The number of carbonyl (C=O) groups excluding carboxylic acids is 1. The first kappa shape index (κ1) is 42.7. The van der Waals surface area contributed by atoms with E-state index in [4.69, 9.17) is 9.05 Å². The lowest BCUT2D eigenvalue weighted by molar-refractivity contribution is -0.870. The summed E-state index contributed by atoms with van der Waals surface area (Å²) in [5, 5.41) is 13.6. The highest BCUT2D eigenvalue weighted by atomic mass is 31.2. The first-order valence-corrected chi connectivity index (χ1v) is 18.9. The minimum atomic E-state index is -4.33. The number of allylic oxidation sites excluding steroid dienone is 5. The Labute approximate surface area is 270 Å². The molecule has 3 unspecified atom stereocenters. The zero-order valence-electron chi connectivity index (χ0n) is 28.9. The van der Waals surface area contributed by atoms with Crippen LogP contribution >= 0.6 is 7.82 Å². The lowest BCUT2D eigenvalue weighted by atomic mass is 10.1. The SMILES string of the molecule is CCCCC/C=C/CC/C=C/C(O)C(COP(=O)(O)OCC[N+](C)(C)C)NC(=O)CCCCC/C=C\CCCCCCCC. The van der Waals surface area contributed by atoms with Gasteiger partial charge in [-0.15, -0.1) is 0 Å². The number of unbranched alkanes of at least 4 members (excludes halogenated alkanes) is 13. The zero-order valence-corrected chi connectivity index (χ0v) is 29.8. The molecule has 1 amide bonds. The fraction of sp³-hybridized carbons (Fsp3) is 0.800. The number of likely N-dealkylation sites (N-methyl/N-ethyl adjacent to an activating group) is 1. The number of rotatable bonds is 30. The summed E-state index contributed by atoms with van der Waals surface area (Å²) >= 11 is 0. The van der Waals surface area contributed by atoms with Crippen molar-refractivity contribution in [3.63, 3.8) is 0 Å². The van der Waals surface area contributed by atoms with E-state index in [1.54, 1.807) is 6.08 Å². The summed E-state index contributed by atoms with van der Waals surface area (Å²) in [5.41, 5.74) is 0. The molecular weight excluding hydrogens is 575 g/mol. The number of hydrogen-bond donors (Lipinski definition) is 3. The molecule has 0 aromatic rings. The molecule has 3 N–H and O–H groups in total. The minimum absolute atomic E-state index is 0.0525. The van der Waals surface area contributed by atoms with Crippen molar-refractivity contribution in [2.24, 2.45) is 0 Å². The number of aliphatic hydroxyl groups is 1. The third-order valence-electron chi connectivity index (χ3n) is 7.33. The number of hydrogen-bond acceptors (Lipinski definition) is 5. The van der Waals surface area contributed by atoms with E-state index >= 15 is 0 Å². The number of quaternary nitrogens is 1. The molecular formula is C35H68N2O6P+. The fourth-order valence-electron chi connectivity index (χ4n) is 4.46. The minimum Gasteiger partial charge on any atom is -0.387 e. The Kier molecular flexibility index (Phi) is 27.2. The molecule has 0 saturated carbocycles. The third-order valence-corrected chi connectivity index (χ3v) is 8.32. The summed E-state index contributed by atoms with van der Waals surface area (Å²) in [4.78, 5) is 22.8. The van der Waals surface area contributed by atoms with Crippen LogP contribution in [0.15, 0.2) is 36.5 Å².